The quantitative estimate of drug-likeness (QED) is 0.409. The minimum Gasteiger partial charge on any atom is -0.497 e. The standard InChI is InChI=1S/C36H39N5O9/c1-46-24-10-21-11-25(12-24)49-19-32(42)37-15-20-8-9-23(13-30(20)47-2)50-31-18-40(16-29(31)38-33(21)43)35(44)27-14-26-28(39-34(27)48-3)17-41(36(26)45)22-6-4-5-7-22/h8-14,22,29,31H,4-7,15-19H2,1-3H3,(H,37,42)(H,38,43)/t29-,31-/m0/s1. The molecule has 1 aromatic heterocycles. The molecule has 8 rings (SSSR count). The SMILES string of the molecule is COc1cc2cc(c1)C(=O)N[C@H]1CN(C(=O)c3cc4c(nc3OC)CN(C3CCCC3)C4=O)C[C@@H]1Oc1ccc(c(OC)c1)CNC(=O)CO2. The molecule has 3 aromatic rings. The molecule has 2 atom stereocenters. The van der Waals surface area contributed by atoms with Gasteiger partial charge in [0.2, 0.25) is 5.88 Å². The zero-order chi connectivity index (χ0) is 34.9. The molecule has 0 radical (unpaired) electrons. The average Bonchev–Trinajstić information content (AvgIpc) is 3.88. The first kappa shape index (κ1) is 33.0. The van der Waals surface area contributed by atoms with Crippen molar-refractivity contribution < 1.29 is 42.9 Å². The van der Waals surface area contributed by atoms with Crippen molar-refractivity contribution in [2.75, 3.05) is 41.0 Å². The number of aromatic nitrogens is 1. The minimum atomic E-state index is -0.678. The van der Waals surface area contributed by atoms with Crippen LogP contribution >= 0.6 is 0 Å². The smallest absolute Gasteiger partial charge is 0.259 e. The molecule has 4 aliphatic heterocycles. The van der Waals surface area contributed by atoms with Crippen LogP contribution in [-0.2, 0) is 17.9 Å². The summed E-state index contributed by atoms with van der Waals surface area (Å²) in [6.45, 7) is 0.492. The Labute approximate surface area is 289 Å². The van der Waals surface area contributed by atoms with Crippen LogP contribution in [-0.4, -0.2) is 97.6 Å². The van der Waals surface area contributed by atoms with Crippen LogP contribution in [0.5, 0.6) is 28.9 Å². The number of amides is 4. The average molecular weight is 686 g/mol. The normalized spacial score (nSPS) is 20.7. The second-order valence-electron chi connectivity index (χ2n) is 12.8. The van der Waals surface area contributed by atoms with Gasteiger partial charge in [-0.3, -0.25) is 19.2 Å². The molecular weight excluding hydrogens is 646 g/mol. The Morgan fingerprint density at radius 2 is 1.76 bits per heavy atom. The molecule has 50 heavy (non-hydrogen) atoms. The molecule has 1 saturated heterocycles. The molecule has 0 spiro atoms. The molecule has 4 amide bonds. The van der Waals surface area contributed by atoms with Crippen molar-refractivity contribution in [3.8, 4) is 28.9 Å². The highest BCUT2D eigenvalue weighted by Crippen LogP contribution is 2.35. The summed E-state index contributed by atoms with van der Waals surface area (Å²) in [6.07, 6.45) is 3.41. The summed E-state index contributed by atoms with van der Waals surface area (Å²) in [6, 6.07) is 11.0. The second kappa shape index (κ2) is 13.8. The van der Waals surface area contributed by atoms with E-state index in [2.05, 4.69) is 15.6 Å². The number of nitrogens with one attached hydrogen (secondary N) is 2. The third-order valence-electron chi connectivity index (χ3n) is 9.71. The Kier molecular flexibility index (Phi) is 9.08. The number of carbonyl (C=O) groups is 4. The van der Waals surface area contributed by atoms with Gasteiger partial charge >= 0.3 is 0 Å². The van der Waals surface area contributed by atoms with Crippen LogP contribution in [0.25, 0.3) is 0 Å². The molecule has 14 nitrogen and oxygen atoms in total. The van der Waals surface area contributed by atoms with Crippen LogP contribution in [0.1, 0.15) is 68.0 Å². The molecule has 2 N–H and O–H groups in total. The number of benzene rings is 2. The van der Waals surface area contributed by atoms with Crippen LogP contribution in [0.4, 0.5) is 0 Å². The van der Waals surface area contributed by atoms with E-state index in [1.54, 1.807) is 41.3 Å². The Bertz CT molecular complexity index is 1840. The molecule has 1 aliphatic carbocycles. The maximum absolute atomic E-state index is 14.2. The molecule has 1 saturated carbocycles. The van der Waals surface area contributed by atoms with Gasteiger partial charge in [0.05, 0.1) is 51.7 Å². The highest BCUT2D eigenvalue weighted by molar-refractivity contribution is 6.03. The molecule has 5 aliphatic rings. The number of nitrogens with zero attached hydrogens (tertiary/aromatic N) is 3. The van der Waals surface area contributed by atoms with Gasteiger partial charge < -0.3 is 44.1 Å². The first-order chi connectivity index (χ1) is 24.2. The topological polar surface area (TPSA) is 158 Å². The van der Waals surface area contributed by atoms with E-state index in [-0.39, 0.29) is 66.9 Å². The van der Waals surface area contributed by atoms with Gasteiger partial charge in [0.15, 0.2) is 6.61 Å². The zero-order valence-electron chi connectivity index (χ0n) is 28.2. The van der Waals surface area contributed by atoms with Gasteiger partial charge in [-0.25, -0.2) is 4.98 Å². The van der Waals surface area contributed by atoms with Crippen molar-refractivity contribution in [3.05, 3.63) is 70.4 Å². The third-order valence-corrected chi connectivity index (χ3v) is 9.71. The van der Waals surface area contributed by atoms with E-state index in [4.69, 9.17) is 23.7 Å². The lowest BCUT2D eigenvalue weighted by Gasteiger charge is -2.22. The summed E-state index contributed by atoms with van der Waals surface area (Å²) in [4.78, 5) is 62.0. The van der Waals surface area contributed by atoms with Crippen LogP contribution in [0.2, 0.25) is 0 Å². The van der Waals surface area contributed by atoms with Crippen molar-refractivity contribution in [3.63, 3.8) is 0 Å². The largest absolute Gasteiger partial charge is 0.497 e. The number of hydrogen-bond donors (Lipinski definition) is 2. The van der Waals surface area contributed by atoms with Gasteiger partial charge in [-0.15, -0.1) is 0 Å². The number of ether oxygens (including phenoxy) is 5. The number of likely N-dealkylation sites (tertiary alicyclic amines) is 1. The van der Waals surface area contributed by atoms with Crippen LogP contribution in [0.3, 0.4) is 0 Å². The predicted molar refractivity (Wildman–Crippen MR) is 178 cm³/mol. The van der Waals surface area contributed by atoms with E-state index >= 15 is 0 Å². The predicted octanol–water partition coefficient (Wildman–Crippen LogP) is 2.72. The lowest BCUT2D eigenvalue weighted by molar-refractivity contribution is -0.123. The number of fused-ring (bicyclic) bond motifs is 8. The Morgan fingerprint density at radius 3 is 2.52 bits per heavy atom. The van der Waals surface area contributed by atoms with E-state index in [0.717, 1.165) is 25.7 Å². The highest BCUT2D eigenvalue weighted by Gasteiger charge is 2.41. The van der Waals surface area contributed by atoms with E-state index in [0.29, 0.717) is 40.6 Å². The number of methoxy groups -OCH3 is 3. The Balaban J connectivity index is 1.20. The van der Waals surface area contributed by atoms with Crippen molar-refractivity contribution in [2.45, 2.75) is 57.0 Å². The first-order valence-electron chi connectivity index (χ1n) is 16.7. The summed E-state index contributed by atoms with van der Waals surface area (Å²) >= 11 is 0. The number of rotatable bonds is 5. The van der Waals surface area contributed by atoms with Gasteiger partial charge in [0.1, 0.15) is 34.7 Å². The second-order valence-corrected chi connectivity index (χ2v) is 12.8. The molecule has 2 aromatic carbocycles. The van der Waals surface area contributed by atoms with Crippen molar-refractivity contribution in [1.29, 1.82) is 0 Å². The lowest BCUT2D eigenvalue weighted by Crippen LogP contribution is -2.45. The lowest BCUT2D eigenvalue weighted by atomic mass is 10.1. The maximum Gasteiger partial charge on any atom is 0.259 e. The summed E-state index contributed by atoms with van der Waals surface area (Å²) < 4.78 is 28.7. The van der Waals surface area contributed by atoms with Crippen molar-refractivity contribution >= 4 is 23.6 Å². The molecule has 2 fully saturated rings. The van der Waals surface area contributed by atoms with E-state index in [1.807, 2.05) is 4.90 Å². The van der Waals surface area contributed by atoms with Crippen LogP contribution in [0.15, 0.2) is 42.5 Å². The van der Waals surface area contributed by atoms with E-state index in [9.17, 15) is 19.2 Å². The van der Waals surface area contributed by atoms with Crippen LogP contribution in [0, 0.1) is 0 Å². The number of carbonyl (C=O) groups excluding carboxylic acids is 4. The molecule has 0 unspecified atom stereocenters. The minimum absolute atomic E-state index is 0.0958. The first-order valence-corrected chi connectivity index (χ1v) is 16.7. The summed E-state index contributed by atoms with van der Waals surface area (Å²) in [5, 5.41) is 5.83. The van der Waals surface area contributed by atoms with Gasteiger partial charge in [-0.2, -0.15) is 0 Å². The Hall–Kier alpha value is -5.53. The summed E-state index contributed by atoms with van der Waals surface area (Å²) in [5.74, 6) is 0.345. The summed E-state index contributed by atoms with van der Waals surface area (Å²) in [7, 11) is 4.43. The zero-order valence-corrected chi connectivity index (χ0v) is 28.2. The molecule has 5 heterocycles. The number of hydrogen-bond acceptors (Lipinski definition) is 10. The van der Waals surface area contributed by atoms with Crippen molar-refractivity contribution in [1.82, 2.24) is 25.4 Å². The fourth-order valence-corrected chi connectivity index (χ4v) is 7.08. The Morgan fingerprint density at radius 1 is 0.940 bits per heavy atom. The molecule has 4 bridgehead atoms. The van der Waals surface area contributed by atoms with Gasteiger partial charge in [0, 0.05) is 42.4 Å². The highest BCUT2D eigenvalue weighted by atomic mass is 16.5. The molecule has 14 heteroatoms. The fraction of sp³-hybridized carbons (Fsp3) is 0.417. The monoisotopic (exact) mass is 685 g/mol. The van der Waals surface area contributed by atoms with Crippen LogP contribution < -0.4 is 34.3 Å². The molecular formula is C36H39N5O9. The van der Waals surface area contributed by atoms with Crippen molar-refractivity contribution in [2.24, 2.45) is 0 Å². The van der Waals surface area contributed by atoms with Gasteiger partial charge in [-0.1, -0.05) is 12.8 Å². The summed E-state index contributed by atoms with van der Waals surface area (Å²) in [5.41, 5.74) is 2.11. The number of pyridine rings is 1. The van der Waals surface area contributed by atoms with E-state index < -0.39 is 24.0 Å². The molecule has 262 valence electrons. The van der Waals surface area contributed by atoms with Gasteiger partial charge in [-0.05, 0) is 43.2 Å². The van der Waals surface area contributed by atoms with E-state index in [1.165, 1.54) is 27.4 Å². The fourth-order valence-electron chi connectivity index (χ4n) is 7.08. The third kappa shape index (κ3) is 6.44. The maximum atomic E-state index is 14.2. The van der Waals surface area contributed by atoms with Gasteiger partial charge in [0.25, 0.3) is 23.6 Å².